The fourth-order valence-electron chi connectivity index (χ4n) is 2.87. The number of carbonyl (C=O) groups excluding carboxylic acids is 1. The number of rotatable bonds is 5. The summed E-state index contributed by atoms with van der Waals surface area (Å²) in [7, 11) is 1.99. The molecule has 0 atom stereocenters. The molecule has 7 heteroatoms. The van der Waals surface area contributed by atoms with Crippen molar-refractivity contribution in [2.75, 3.05) is 36.9 Å². The van der Waals surface area contributed by atoms with Crippen molar-refractivity contribution in [3.63, 3.8) is 0 Å². The van der Waals surface area contributed by atoms with Crippen LogP contribution in [0.2, 0.25) is 0 Å². The predicted octanol–water partition coefficient (Wildman–Crippen LogP) is 2.62. The van der Waals surface area contributed by atoms with Gasteiger partial charge >= 0.3 is 0 Å². The maximum atomic E-state index is 12.2. The van der Waals surface area contributed by atoms with Crippen LogP contribution in [0.5, 0.6) is 0 Å². The molecule has 0 bridgehead atoms. The molecule has 1 saturated heterocycles. The first-order chi connectivity index (χ1) is 11.9. The first-order valence-corrected chi connectivity index (χ1v) is 9.03. The summed E-state index contributed by atoms with van der Waals surface area (Å²) in [6.07, 6.45) is 0. The standard InChI is InChI=1S/C18H22BrN5O/c1-12-8-17(21-13(2)20-12)24-9-16(10-24)23(3)11-18(25)22-15-6-4-14(19)5-7-15/h4-8,16H,9-11H2,1-3H3,(H,22,25). The second-order valence-corrected chi connectivity index (χ2v) is 7.36. The van der Waals surface area contributed by atoms with Crippen LogP contribution in [-0.2, 0) is 4.79 Å². The smallest absolute Gasteiger partial charge is 0.238 e. The number of hydrogen-bond acceptors (Lipinski definition) is 5. The third-order valence-corrected chi connectivity index (χ3v) is 4.81. The summed E-state index contributed by atoms with van der Waals surface area (Å²) >= 11 is 3.39. The van der Waals surface area contributed by atoms with Gasteiger partial charge in [-0.2, -0.15) is 0 Å². The Balaban J connectivity index is 1.49. The van der Waals surface area contributed by atoms with Gasteiger partial charge in [-0.05, 0) is 45.2 Å². The average Bonchev–Trinajstić information content (AvgIpc) is 2.47. The van der Waals surface area contributed by atoms with E-state index in [0.29, 0.717) is 12.6 Å². The zero-order valence-electron chi connectivity index (χ0n) is 14.7. The van der Waals surface area contributed by atoms with Crippen molar-refractivity contribution in [2.24, 2.45) is 0 Å². The van der Waals surface area contributed by atoms with Gasteiger partial charge in [0.25, 0.3) is 0 Å². The van der Waals surface area contributed by atoms with Gasteiger partial charge in [-0.25, -0.2) is 9.97 Å². The van der Waals surface area contributed by atoms with Crippen molar-refractivity contribution in [1.29, 1.82) is 0 Å². The Hall–Kier alpha value is -1.99. The van der Waals surface area contributed by atoms with Gasteiger partial charge in [0, 0.05) is 41.1 Å². The molecular weight excluding hydrogens is 382 g/mol. The van der Waals surface area contributed by atoms with E-state index in [9.17, 15) is 4.79 Å². The lowest BCUT2D eigenvalue weighted by Gasteiger charge is -2.44. The molecule has 1 aromatic heterocycles. The van der Waals surface area contributed by atoms with Crippen molar-refractivity contribution in [3.8, 4) is 0 Å². The summed E-state index contributed by atoms with van der Waals surface area (Å²) in [6.45, 7) is 6.01. The van der Waals surface area contributed by atoms with E-state index >= 15 is 0 Å². The number of aromatic nitrogens is 2. The Morgan fingerprint density at radius 1 is 1.28 bits per heavy atom. The molecule has 1 aromatic carbocycles. The molecule has 1 N–H and O–H groups in total. The summed E-state index contributed by atoms with van der Waals surface area (Å²) in [5.74, 6) is 1.76. The van der Waals surface area contributed by atoms with Gasteiger partial charge in [0.05, 0.1) is 6.54 Å². The molecule has 6 nitrogen and oxygen atoms in total. The lowest BCUT2D eigenvalue weighted by Crippen LogP contribution is -2.59. The molecule has 0 unspecified atom stereocenters. The van der Waals surface area contributed by atoms with E-state index in [4.69, 9.17) is 0 Å². The number of benzene rings is 1. The van der Waals surface area contributed by atoms with E-state index in [1.54, 1.807) is 0 Å². The molecule has 0 radical (unpaired) electrons. The number of hydrogen-bond donors (Lipinski definition) is 1. The van der Waals surface area contributed by atoms with Gasteiger partial charge in [-0.3, -0.25) is 9.69 Å². The SMILES string of the molecule is Cc1cc(N2CC(N(C)CC(=O)Nc3ccc(Br)cc3)C2)nc(C)n1. The van der Waals surface area contributed by atoms with Gasteiger partial charge in [-0.15, -0.1) is 0 Å². The molecule has 1 aliphatic heterocycles. The van der Waals surface area contributed by atoms with Gasteiger partial charge in [0.15, 0.2) is 0 Å². The van der Waals surface area contributed by atoms with E-state index in [-0.39, 0.29) is 5.91 Å². The van der Waals surface area contributed by atoms with Crippen LogP contribution >= 0.6 is 15.9 Å². The van der Waals surface area contributed by atoms with Crippen LogP contribution in [-0.4, -0.2) is 53.5 Å². The molecular formula is C18H22BrN5O. The highest BCUT2D eigenvalue weighted by atomic mass is 79.9. The number of anilines is 2. The van der Waals surface area contributed by atoms with Crippen LogP contribution in [0.1, 0.15) is 11.5 Å². The quantitative estimate of drug-likeness (QED) is 0.830. The number of halogens is 1. The topological polar surface area (TPSA) is 61.4 Å². The van der Waals surface area contributed by atoms with Crippen molar-refractivity contribution >= 4 is 33.3 Å². The van der Waals surface area contributed by atoms with Crippen LogP contribution in [0.15, 0.2) is 34.8 Å². The highest BCUT2D eigenvalue weighted by molar-refractivity contribution is 9.10. The van der Waals surface area contributed by atoms with Gasteiger partial charge in [-0.1, -0.05) is 15.9 Å². The van der Waals surface area contributed by atoms with Crippen LogP contribution in [0.25, 0.3) is 0 Å². The second kappa shape index (κ2) is 7.49. The molecule has 3 rings (SSSR count). The normalized spacial score (nSPS) is 14.5. The number of likely N-dealkylation sites (N-methyl/N-ethyl adjacent to an activating group) is 1. The number of aryl methyl sites for hydroxylation is 2. The minimum absolute atomic E-state index is 0.00278. The van der Waals surface area contributed by atoms with Crippen molar-refractivity contribution < 1.29 is 4.79 Å². The number of nitrogens with one attached hydrogen (secondary N) is 1. The zero-order valence-corrected chi connectivity index (χ0v) is 16.2. The highest BCUT2D eigenvalue weighted by Gasteiger charge is 2.31. The largest absolute Gasteiger partial charge is 0.353 e. The first kappa shape index (κ1) is 17.8. The maximum Gasteiger partial charge on any atom is 0.238 e. The Kier molecular flexibility index (Phi) is 5.34. The van der Waals surface area contributed by atoms with Gasteiger partial charge in [0.2, 0.25) is 5.91 Å². The molecule has 25 heavy (non-hydrogen) atoms. The third kappa shape index (κ3) is 4.55. The number of amides is 1. The lowest BCUT2D eigenvalue weighted by molar-refractivity contribution is -0.117. The van der Waals surface area contributed by atoms with E-state index in [1.165, 1.54) is 0 Å². The maximum absolute atomic E-state index is 12.2. The lowest BCUT2D eigenvalue weighted by atomic mass is 10.1. The van der Waals surface area contributed by atoms with E-state index in [2.05, 4.69) is 41.0 Å². The Morgan fingerprint density at radius 2 is 1.96 bits per heavy atom. The molecule has 1 aliphatic rings. The van der Waals surface area contributed by atoms with Gasteiger partial charge < -0.3 is 10.2 Å². The second-order valence-electron chi connectivity index (χ2n) is 6.44. The minimum Gasteiger partial charge on any atom is -0.353 e. The molecule has 0 spiro atoms. The van der Waals surface area contributed by atoms with Crippen molar-refractivity contribution in [2.45, 2.75) is 19.9 Å². The molecule has 1 fully saturated rings. The van der Waals surface area contributed by atoms with Crippen LogP contribution in [0, 0.1) is 13.8 Å². The fraction of sp³-hybridized carbons (Fsp3) is 0.389. The molecule has 1 amide bonds. The average molecular weight is 404 g/mol. The van der Waals surface area contributed by atoms with E-state index < -0.39 is 0 Å². The summed E-state index contributed by atoms with van der Waals surface area (Å²) in [6, 6.07) is 9.94. The van der Waals surface area contributed by atoms with Gasteiger partial charge in [0.1, 0.15) is 11.6 Å². The number of carbonyl (C=O) groups is 1. The molecule has 132 valence electrons. The van der Waals surface area contributed by atoms with Crippen molar-refractivity contribution in [1.82, 2.24) is 14.9 Å². The number of nitrogens with zero attached hydrogens (tertiary/aromatic N) is 4. The third-order valence-electron chi connectivity index (χ3n) is 4.28. The minimum atomic E-state index is -0.00278. The van der Waals surface area contributed by atoms with E-state index in [0.717, 1.165) is 40.6 Å². The molecule has 2 heterocycles. The monoisotopic (exact) mass is 403 g/mol. The Bertz CT molecular complexity index is 738. The Morgan fingerprint density at radius 3 is 2.60 bits per heavy atom. The Labute approximate surface area is 156 Å². The predicted molar refractivity (Wildman–Crippen MR) is 103 cm³/mol. The summed E-state index contributed by atoms with van der Waals surface area (Å²) in [4.78, 5) is 25.3. The van der Waals surface area contributed by atoms with E-state index in [1.807, 2.05) is 51.2 Å². The first-order valence-electron chi connectivity index (χ1n) is 8.23. The molecule has 0 aliphatic carbocycles. The molecule has 0 saturated carbocycles. The fourth-order valence-corrected chi connectivity index (χ4v) is 3.13. The summed E-state index contributed by atoms with van der Waals surface area (Å²) in [5.41, 5.74) is 1.79. The van der Waals surface area contributed by atoms with Crippen LogP contribution in [0.4, 0.5) is 11.5 Å². The highest BCUT2D eigenvalue weighted by Crippen LogP contribution is 2.22. The van der Waals surface area contributed by atoms with Crippen molar-refractivity contribution in [3.05, 3.63) is 46.3 Å². The van der Waals surface area contributed by atoms with Crippen LogP contribution in [0.3, 0.4) is 0 Å². The summed E-state index contributed by atoms with van der Waals surface area (Å²) < 4.78 is 0.993. The summed E-state index contributed by atoms with van der Waals surface area (Å²) in [5, 5.41) is 2.93. The zero-order chi connectivity index (χ0) is 18.0. The van der Waals surface area contributed by atoms with Crippen LogP contribution < -0.4 is 10.2 Å². The molecule has 2 aromatic rings.